The van der Waals surface area contributed by atoms with Crippen LogP contribution in [-0.4, -0.2) is 28.3 Å². The van der Waals surface area contributed by atoms with Gasteiger partial charge in [-0.1, -0.05) is 0 Å². The van der Waals surface area contributed by atoms with E-state index in [9.17, 15) is 5.11 Å². The lowest BCUT2D eigenvalue weighted by Crippen LogP contribution is -2.35. The average Bonchev–Trinajstić information content (AvgIpc) is 2.24. The van der Waals surface area contributed by atoms with Gasteiger partial charge in [-0.3, -0.25) is 9.97 Å². The van der Waals surface area contributed by atoms with Crippen LogP contribution >= 0.6 is 0 Å². The van der Waals surface area contributed by atoms with Gasteiger partial charge in [-0.25, -0.2) is 0 Å². The molecule has 1 aromatic heterocycles. The normalized spacial score (nSPS) is 19.8. The summed E-state index contributed by atoms with van der Waals surface area (Å²) in [7, 11) is 0. The molecular weight excluding hydrogens is 204 g/mol. The number of rotatable bonds is 1. The molecule has 16 heavy (non-hydrogen) atoms. The molecule has 0 bridgehead atoms. The molecule has 88 valence electrons. The SMILES string of the molecule is Cc1nc(C)c(C2(O)CCOCC2)nc1C. The molecule has 4 nitrogen and oxygen atoms in total. The fourth-order valence-electron chi connectivity index (χ4n) is 2.10. The van der Waals surface area contributed by atoms with Crippen molar-refractivity contribution in [2.75, 3.05) is 13.2 Å². The monoisotopic (exact) mass is 222 g/mol. The Morgan fingerprint density at radius 1 is 1.00 bits per heavy atom. The first kappa shape index (κ1) is 11.5. The van der Waals surface area contributed by atoms with E-state index in [2.05, 4.69) is 9.97 Å². The molecule has 1 aliphatic heterocycles. The molecule has 1 fully saturated rings. The second-order valence-corrected chi connectivity index (χ2v) is 4.47. The zero-order valence-corrected chi connectivity index (χ0v) is 10.1. The second kappa shape index (κ2) is 4.11. The fraction of sp³-hybridized carbons (Fsp3) is 0.667. The van der Waals surface area contributed by atoms with Crippen LogP contribution in [0.4, 0.5) is 0 Å². The molecular formula is C12H18N2O2. The molecule has 1 saturated heterocycles. The quantitative estimate of drug-likeness (QED) is 0.780. The topological polar surface area (TPSA) is 55.2 Å². The van der Waals surface area contributed by atoms with E-state index < -0.39 is 5.60 Å². The predicted octanol–water partition coefficient (Wildman–Crippen LogP) is 1.40. The number of hydrogen-bond donors (Lipinski definition) is 1. The largest absolute Gasteiger partial charge is 0.383 e. The van der Waals surface area contributed by atoms with Crippen LogP contribution in [0.1, 0.15) is 35.6 Å². The summed E-state index contributed by atoms with van der Waals surface area (Å²) >= 11 is 0. The molecule has 0 unspecified atom stereocenters. The van der Waals surface area contributed by atoms with Crippen molar-refractivity contribution in [1.82, 2.24) is 9.97 Å². The van der Waals surface area contributed by atoms with Crippen molar-refractivity contribution in [3.05, 3.63) is 22.8 Å². The van der Waals surface area contributed by atoms with Crippen molar-refractivity contribution in [1.29, 1.82) is 0 Å². The Morgan fingerprint density at radius 2 is 1.56 bits per heavy atom. The first-order chi connectivity index (χ1) is 7.53. The summed E-state index contributed by atoms with van der Waals surface area (Å²) in [6.45, 7) is 6.94. The average molecular weight is 222 g/mol. The number of nitrogens with zero attached hydrogens (tertiary/aromatic N) is 2. The van der Waals surface area contributed by atoms with Crippen molar-refractivity contribution in [2.24, 2.45) is 0 Å². The third kappa shape index (κ3) is 1.95. The zero-order valence-electron chi connectivity index (χ0n) is 10.1. The highest BCUT2D eigenvalue weighted by atomic mass is 16.5. The first-order valence-corrected chi connectivity index (χ1v) is 5.65. The maximum Gasteiger partial charge on any atom is 0.113 e. The summed E-state index contributed by atoms with van der Waals surface area (Å²) in [5.74, 6) is 0. The molecule has 0 radical (unpaired) electrons. The van der Waals surface area contributed by atoms with Crippen molar-refractivity contribution >= 4 is 0 Å². The van der Waals surface area contributed by atoms with Crippen molar-refractivity contribution in [2.45, 2.75) is 39.2 Å². The smallest absolute Gasteiger partial charge is 0.113 e. The Kier molecular flexibility index (Phi) is 2.95. The Hall–Kier alpha value is -1.00. The number of aryl methyl sites for hydroxylation is 3. The van der Waals surface area contributed by atoms with Gasteiger partial charge in [-0.2, -0.15) is 0 Å². The van der Waals surface area contributed by atoms with Gasteiger partial charge in [-0.15, -0.1) is 0 Å². The van der Waals surface area contributed by atoms with Crippen molar-refractivity contribution in [3.63, 3.8) is 0 Å². The van der Waals surface area contributed by atoms with E-state index in [0.717, 1.165) is 22.8 Å². The predicted molar refractivity (Wildman–Crippen MR) is 60.2 cm³/mol. The number of aromatic nitrogens is 2. The Balaban J connectivity index is 2.42. The maximum atomic E-state index is 10.6. The summed E-state index contributed by atoms with van der Waals surface area (Å²) in [5.41, 5.74) is 2.51. The molecule has 0 saturated carbocycles. The Labute approximate surface area is 95.7 Å². The van der Waals surface area contributed by atoms with Crippen LogP contribution in [0.2, 0.25) is 0 Å². The van der Waals surface area contributed by atoms with Crippen LogP contribution in [0.15, 0.2) is 0 Å². The van der Waals surface area contributed by atoms with Crippen molar-refractivity contribution in [3.8, 4) is 0 Å². The minimum absolute atomic E-state index is 0.588. The third-order valence-electron chi connectivity index (χ3n) is 3.24. The number of aliphatic hydroxyl groups is 1. The van der Waals surface area contributed by atoms with Gasteiger partial charge in [0.15, 0.2) is 0 Å². The standard InChI is InChI=1S/C12H18N2O2/c1-8-9(2)14-11(10(3)13-8)12(15)4-6-16-7-5-12/h15H,4-7H2,1-3H3. The zero-order chi connectivity index (χ0) is 11.8. The fourth-order valence-corrected chi connectivity index (χ4v) is 2.10. The maximum absolute atomic E-state index is 10.6. The molecule has 0 aromatic carbocycles. The highest BCUT2D eigenvalue weighted by molar-refractivity contribution is 5.23. The van der Waals surface area contributed by atoms with Crippen LogP contribution in [0.3, 0.4) is 0 Å². The molecule has 1 aromatic rings. The van der Waals surface area contributed by atoms with Crippen molar-refractivity contribution < 1.29 is 9.84 Å². The molecule has 2 heterocycles. The van der Waals surface area contributed by atoms with Crippen LogP contribution in [0, 0.1) is 20.8 Å². The first-order valence-electron chi connectivity index (χ1n) is 5.65. The van der Waals surface area contributed by atoms with Crippen LogP contribution in [0.25, 0.3) is 0 Å². The third-order valence-corrected chi connectivity index (χ3v) is 3.24. The molecule has 1 N–H and O–H groups in total. The molecule has 1 aliphatic rings. The highest BCUT2D eigenvalue weighted by Gasteiger charge is 2.35. The molecule has 0 aliphatic carbocycles. The van der Waals surface area contributed by atoms with Gasteiger partial charge in [0, 0.05) is 26.1 Å². The van der Waals surface area contributed by atoms with E-state index in [1.165, 1.54) is 0 Å². The summed E-state index contributed by atoms with van der Waals surface area (Å²) in [5, 5.41) is 10.6. The summed E-state index contributed by atoms with van der Waals surface area (Å²) < 4.78 is 5.27. The van der Waals surface area contributed by atoms with Gasteiger partial charge < -0.3 is 9.84 Å². The van der Waals surface area contributed by atoms with E-state index in [0.29, 0.717) is 26.1 Å². The molecule has 0 atom stereocenters. The summed E-state index contributed by atoms with van der Waals surface area (Å²) in [6.07, 6.45) is 1.20. The summed E-state index contributed by atoms with van der Waals surface area (Å²) in [6, 6.07) is 0. The van der Waals surface area contributed by atoms with E-state index >= 15 is 0 Å². The van der Waals surface area contributed by atoms with E-state index in [-0.39, 0.29) is 0 Å². The van der Waals surface area contributed by atoms with Gasteiger partial charge in [-0.05, 0) is 20.8 Å². The van der Waals surface area contributed by atoms with E-state index in [1.54, 1.807) is 0 Å². The van der Waals surface area contributed by atoms with Crippen LogP contribution in [-0.2, 0) is 10.3 Å². The lowest BCUT2D eigenvalue weighted by atomic mass is 9.89. The van der Waals surface area contributed by atoms with E-state index in [4.69, 9.17) is 4.74 Å². The lowest BCUT2D eigenvalue weighted by Gasteiger charge is -2.32. The Morgan fingerprint density at radius 3 is 2.19 bits per heavy atom. The minimum Gasteiger partial charge on any atom is -0.383 e. The van der Waals surface area contributed by atoms with Crippen LogP contribution in [0.5, 0.6) is 0 Å². The van der Waals surface area contributed by atoms with Gasteiger partial charge >= 0.3 is 0 Å². The summed E-state index contributed by atoms with van der Waals surface area (Å²) in [4.78, 5) is 8.93. The molecule has 0 spiro atoms. The molecule has 4 heteroatoms. The van der Waals surface area contributed by atoms with Gasteiger partial charge in [0.25, 0.3) is 0 Å². The van der Waals surface area contributed by atoms with Crippen LogP contribution < -0.4 is 0 Å². The number of hydrogen-bond acceptors (Lipinski definition) is 4. The van der Waals surface area contributed by atoms with Gasteiger partial charge in [0.1, 0.15) is 5.60 Å². The number of ether oxygens (including phenoxy) is 1. The molecule has 0 amide bonds. The van der Waals surface area contributed by atoms with Gasteiger partial charge in [0.05, 0.1) is 22.8 Å². The lowest BCUT2D eigenvalue weighted by molar-refractivity contribution is -0.0712. The van der Waals surface area contributed by atoms with E-state index in [1.807, 2.05) is 20.8 Å². The molecule has 2 rings (SSSR count). The van der Waals surface area contributed by atoms with Gasteiger partial charge in [0.2, 0.25) is 0 Å². The highest BCUT2D eigenvalue weighted by Crippen LogP contribution is 2.32. The second-order valence-electron chi connectivity index (χ2n) is 4.47. The Bertz CT molecular complexity index is 398. The minimum atomic E-state index is -0.853.